The zero-order valence-corrected chi connectivity index (χ0v) is 12.8. The van der Waals surface area contributed by atoms with Crippen molar-refractivity contribution < 1.29 is 14.7 Å². The smallest absolute Gasteiger partial charge is 0.320 e. The lowest BCUT2D eigenvalue weighted by molar-refractivity contribution is -0.143. The molecular formula is C14H28N2O3. The minimum atomic E-state index is -0.884. The molecule has 1 amide bonds. The van der Waals surface area contributed by atoms with E-state index >= 15 is 0 Å². The van der Waals surface area contributed by atoms with Gasteiger partial charge in [-0.25, -0.2) is 0 Å². The number of nitrogens with zero attached hydrogens (tertiary/aromatic N) is 1. The highest BCUT2D eigenvalue weighted by Gasteiger charge is 2.22. The van der Waals surface area contributed by atoms with E-state index in [4.69, 9.17) is 5.11 Å². The molecule has 0 aliphatic rings. The molecule has 5 nitrogen and oxygen atoms in total. The number of carbonyl (C=O) groups is 2. The Morgan fingerprint density at radius 1 is 1.21 bits per heavy atom. The molecule has 0 spiro atoms. The van der Waals surface area contributed by atoms with Crippen molar-refractivity contribution in [2.24, 2.45) is 5.92 Å². The first-order valence-electron chi connectivity index (χ1n) is 7.00. The van der Waals surface area contributed by atoms with Crippen molar-refractivity contribution in [2.45, 2.75) is 59.0 Å². The van der Waals surface area contributed by atoms with Gasteiger partial charge in [0, 0.05) is 6.04 Å². The third kappa shape index (κ3) is 7.82. The molecule has 2 unspecified atom stereocenters. The Balaban J connectivity index is 4.12. The number of hydrogen-bond donors (Lipinski definition) is 2. The first kappa shape index (κ1) is 17.9. The highest BCUT2D eigenvalue weighted by atomic mass is 16.4. The molecule has 0 heterocycles. The third-order valence-electron chi connectivity index (χ3n) is 3.18. The van der Waals surface area contributed by atoms with Crippen molar-refractivity contribution in [2.75, 3.05) is 13.6 Å². The summed E-state index contributed by atoms with van der Waals surface area (Å²) in [5.74, 6) is -0.373. The van der Waals surface area contributed by atoms with Gasteiger partial charge in [-0.2, -0.15) is 0 Å². The van der Waals surface area contributed by atoms with Crippen molar-refractivity contribution in [1.29, 1.82) is 0 Å². The van der Waals surface area contributed by atoms with Crippen LogP contribution in [0.15, 0.2) is 0 Å². The van der Waals surface area contributed by atoms with Gasteiger partial charge in [0.2, 0.25) is 5.91 Å². The van der Waals surface area contributed by atoms with E-state index in [1.807, 2.05) is 6.92 Å². The Morgan fingerprint density at radius 3 is 2.21 bits per heavy atom. The molecule has 112 valence electrons. The first-order chi connectivity index (χ1) is 8.77. The van der Waals surface area contributed by atoms with E-state index in [9.17, 15) is 9.59 Å². The van der Waals surface area contributed by atoms with Gasteiger partial charge in [-0.1, -0.05) is 20.8 Å². The zero-order chi connectivity index (χ0) is 15.0. The lowest BCUT2D eigenvalue weighted by Gasteiger charge is -2.24. The Hall–Kier alpha value is -1.10. The second-order valence-corrected chi connectivity index (χ2v) is 5.62. The minimum absolute atomic E-state index is 0.113. The van der Waals surface area contributed by atoms with E-state index in [1.165, 1.54) is 0 Å². The van der Waals surface area contributed by atoms with Crippen LogP contribution in [0.2, 0.25) is 0 Å². The predicted octanol–water partition coefficient (Wildman–Crippen LogP) is 1.72. The SMILES string of the molecule is CCC(C(=O)O)N(C)CC(=O)NC(C)CCC(C)C. The fraction of sp³-hybridized carbons (Fsp3) is 0.857. The van der Waals surface area contributed by atoms with Gasteiger partial charge in [-0.15, -0.1) is 0 Å². The number of carboxylic acid groups (broad SMARTS) is 1. The van der Waals surface area contributed by atoms with E-state index in [2.05, 4.69) is 19.2 Å². The molecule has 0 aromatic rings. The van der Waals surface area contributed by atoms with Crippen LogP contribution in [0, 0.1) is 5.92 Å². The zero-order valence-electron chi connectivity index (χ0n) is 12.8. The van der Waals surface area contributed by atoms with Crippen LogP contribution in [-0.4, -0.2) is 47.6 Å². The molecule has 0 saturated heterocycles. The molecule has 0 saturated carbocycles. The number of carboxylic acids is 1. The molecule has 0 aromatic heterocycles. The van der Waals surface area contributed by atoms with Crippen LogP contribution in [0.4, 0.5) is 0 Å². The Kier molecular flexibility index (Phi) is 8.39. The number of rotatable bonds is 9. The van der Waals surface area contributed by atoms with Crippen LogP contribution in [0.5, 0.6) is 0 Å². The van der Waals surface area contributed by atoms with E-state index < -0.39 is 12.0 Å². The molecule has 0 aliphatic heterocycles. The number of nitrogens with one attached hydrogen (secondary N) is 1. The van der Waals surface area contributed by atoms with Crippen LogP contribution in [0.1, 0.15) is 47.0 Å². The Labute approximate surface area is 116 Å². The summed E-state index contributed by atoms with van der Waals surface area (Å²) in [6, 6.07) is -0.468. The van der Waals surface area contributed by atoms with Gasteiger partial charge in [0.1, 0.15) is 6.04 Å². The normalized spacial score (nSPS) is 14.5. The van der Waals surface area contributed by atoms with E-state index in [0.717, 1.165) is 12.8 Å². The number of hydrogen-bond acceptors (Lipinski definition) is 3. The summed E-state index contributed by atoms with van der Waals surface area (Å²) >= 11 is 0. The number of carbonyl (C=O) groups excluding carboxylic acids is 1. The van der Waals surface area contributed by atoms with Gasteiger partial charge >= 0.3 is 5.97 Å². The second kappa shape index (κ2) is 8.91. The fourth-order valence-electron chi connectivity index (χ4n) is 1.99. The molecular weight excluding hydrogens is 244 g/mol. The molecule has 19 heavy (non-hydrogen) atoms. The summed E-state index contributed by atoms with van der Waals surface area (Å²) in [5.41, 5.74) is 0. The molecule has 0 rings (SSSR count). The van der Waals surface area contributed by atoms with Crippen molar-refractivity contribution in [1.82, 2.24) is 10.2 Å². The number of aliphatic carboxylic acids is 1. The summed E-state index contributed by atoms with van der Waals surface area (Å²) in [4.78, 5) is 24.4. The third-order valence-corrected chi connectivity index (χ3v) is 3.18. The maximum Gasteiger partial charge on any atom is 0.320 e. The first-order valence-corrected chi connectivity index (χ1v) is 7.00. The van der Waals surface area contributed by atoms with E-state index in [0.29, 0.717) is 12.3 Å². The molecule has 2 N–H and O–H groups in total. The van der Waals surface area contributed by atoms with Crippen LogP contribution in [0.3, 0.4) is 0 Å². The Morgan fingerprint density at radius 2 is 1.79 bits per heavy atom. The van der Waals surface area contributed by atoms with Crippen LogP contribution in [0.25, 0.3) is 0 Å². The molecule has 5 heteroatoms. The van der Waals surface area contributed by atoms with Gasteiger partial charge in [0.05, 0.1) is 6.54 Å². The Bertz CT molecular complexity index is 292. The lowest BCUT2D eigenvalue weighted by atomic mass is 10.0. The summed E-state index contributed by atoms with van der Waals surface area (Å²) in [5, 5.41) is 11.9. The topological polar surface area (TPSA) is 69.6 Å². The maximum atomic E-state index is 11.8. The molecule has 2 atom stereocenters. The van der Waals surface area contributed by atoms with E-state index in [1.54, 1.807) is 18.9 Å². The highest BCUT2D eigenvalue weighted by Crippen LogP contribution is 2.06. The van der Waals surface area contributed by atoms with Gasteiger partial charge in [-0.3, -0.25) is 14.5 Å². The molecule has 0 aromatic carbocycles. The van der Waals surface area contributed by atoms with Crippen LogP contribution >= 0.6 is 0 Å². The van der Waals surface area contributed by atoms with Gasteiger partial charge < -0.3 is 10.4 Å². The summed E-state index contributed by atoms with van der Waals surface area (Å²) < 4.78 is 0. The highest BCUT2D eigenvalue weighted by molar-refractivity contribution is 5.80. The molecule has 0 fully saturated rings. The monoisotopic (exact) mass is 272 g/mol. The van der Waals surface area contributed by atoms with Crippen LogP contribution in [-0.2, 0) is 9.59 Å². The standard InChI is InChI=1S/C14H28N2O3/c1-6-12(14(18)19)16(5)9-13(17)15-11(4)8-7-10(2)3/h10-12H,6-9H2,1-5H3,(H,15,17)(H,18,19). The van der Waals surface area contributed by atoms with Gasteiger partial charge in [0.25, 0.3) is 0 Å². The number of likely N-dealkylation sites (N-methyl/N-ethyl adjacent to an activating group) is 1. The predicted molar refractivity (Wildman–Crippen MR) is 76.0 cm³/mol. The fourth-order valence-corrected chi connectivity index (χ4v) is 1.99. The van der Waals surface area contributed by atoms with Crippen LogP contribution < -0.4 is 5.32 Å². The summed E-state index contributed by atoms with van der Waals surface area (Å²) in [7, 11) is 1.67. The van der Waals surface area contributed by atoms with Crippen molar-refractivity contribution in [3.63, 3.8) is 0 Å². The summed E-state index contributed by atoms with van der Waals surface area (Å²) in [6.45, 7) is 8.21. The van der Waals surface area contributed by atoms with Gasteiger partial charge in [-0.05, 0) is 39.2 Å². The molecule has 0 radical (unpaired) electrons. The maximum absolute atomic E-state index is 11.8. The molecule has 0 bridgehead atoms. The van der Waals surface area contributed by atoms with Crippen molar-refractivity contribution in [3.05, 3.63) is 0 Å². The van der Waals surface area contributed by atoms with Crippen molar-refractivity contribution >= 4 is 11.9 Å². The summed E-state index contributed by atoms with van der Waals surface area (Å²) in [6.07, 6.45) is 2.51. The molecule has 0 aliphatic carbocycles. The van der Waals surface area contributed by atoms with Crippen molar-refractivity contribution in [3.8, 4) is 0 Å². The quantitative estimate of drug-likeness (QED) is 0.670. The van der Waals surface area contributed by atoms with E-state index in [-0.39, 0.29) is 18.5 Å². The lowest BCUT2D eigenvalue weighted by Crippen LogP contribution is -2.45. The average molecular weight is 272 g/mol. The number of amides is 1. The van der Waals surface area contributed by atoms with Gasteiger partial charge in [0.15, 0.2) is 0 Å². The second-order valence-electron chi connectivity index (χ2n) is 5.62. The minimum Gasteiger partial charge on any atom is -0.480 e. The largest absolute Gasteiger partial charge is 0.480 e. The average Bonchev–Trinajstić information content (AvgIpc) is 2.26.